The number of hydrogen-bond acceptors (Lipinski definition) is 3. The summed E-state index contributed by atoms with van der Waals surface area (Å²) in [7, 11) is 1.30. The second kappa shape index (κ2) is 7.32. The Hall–Kier alpha value is -1.10. The molecule has 0 aliphatic heterocycles. The van der Waals surface area contributed by atoms with E-state index >= 15 is 0 Å². The molecule has 0 saturated carbocycles. The first-order valence-corrected chi connectivity index (χ1v) is 4.64. The Labute approximate surface area is 83.4 Å². The average Bonchev–Trinajstić information content (AvgIpc) is 2.15. The van der Waals surface area contributed by atoms with Crippen LogP contribution in [0.2, 0.25) is 0 Å². The van der Waals surface area contributed by atoms with E-state index in [1.54, 1.807) is 0 Å². The van der Waals surface area contributed by atoms with E-state index in [-0.39, 0.29) is 12.5 Å². The first-order valence-electron chi connectivity index (χ1n) is 4.64. The minimum Gasteiger partial charge on any atom is -0.479 e. The highest BCUT2D eigenvalue weighted by Crippen LogP contribution is 1.94. The number of methoxy groups -OCH3 is 1. The highest BCUT2D eigenvalue weighted by molar-refractivity contribution is 5.78. The standard InChI is InChI=1S/C9H17NO4/c1-3-4-5-8(11)10-6-7(14-2)9(12)13/h7H,3-6H2,1-2H3,(H,10,11)(H,12,13). The van der Waals surface area contributed by atoms with Crippen molar-refractivity contribution in [2.75, 3.05) is 13.7 Å². The summed E-state index contributed by atoms with van der Waals surface area (Å²) in [6, 6.07) is 0. The fraction of sp³-hybridized carbons (Fsp3) is 0.778. The van der Waals surface area contributed by atoms with Gasteiger partial charge in [0.05, 0.1) is 6.54 Å². The van der Waals surface area contributed by atoms with Gasteiger partial charge in [-0.2, -0.15) is 0 Å². The zero-order valence-electron chi connectivity index (χ0n) is 8.58. The summed E-state index contributed by atoms with van der Waals surface area (Å²) in [5.41, 5.74) is 0. The highest BCUT2D eigenvalue weighted by Gasteiger charge is 2.16. The van der Waals surface area contributed by atoms with Crippen LogP contribution in [0.4, 0.5) is 0 Å². The fourth-order valence-electron chi connectivity index (χ4n) is 0.904. The van der Waals surface area contributed by atoms with E-state index in [2.05, 4.69) is 10.1 Å². The normalized spacial score (nSPS) is 12.1. The summed E-state index contributed by atoms with van der Waals surface area (Å²) in [5.74, 6) is -1.20. The number of nitrogens with one attached hydrogen (secondary N) is 1. The van der Waals surface area contributed by atoms with Crippen LogP contribution in [-0.2, 0) is 14.3 Å². The zero-order chi connectivity index (χ0) is 11.0. The molecule has 5 nitrogen and oxygen atoms in total. The van der Waals surface area contributed by atoms with E-state index in [4.69, 9.17) is 5.11 Å². The summed E-state index contributed by atoms with van der Waals surface area (Å²) in [5, 5.41) is 11.1. The number of hydrogen-bond donors (Lipinski definition) is 2. The third kappa shape index (κ3) is 5.53. The van der Waals surface area contributed by atoms with E-state index in [0.717, 1.165) is 12.8 Å². The van der Waals surface area contributed by atoms with E-state index in [1.165, 1.54) is 7.11 Å². The number of carboxylic acid groups (broad SMARTS) is 1. The van der Waals surface area contributed by atoms with Gasteiger partial charge in [-0.3, -0.25) is 4.79 Å². The predicted octanol–water partition coefficient (Wildman–Crippen LogP) is 0.392. The summed E-state index contributed by atoms with van der Waals surface area (Å²) in [4.78, 5) is 21.6. The Kier molecular flexibility index (Phi) is 6.74. The number of rotatable bonds is 7. The van der Waals surface area contributed by atoms with E-state index < -0.39 is 12.1 Å². The van der Waals surface area contributed by atoms with Crippen molar-refractivity contribution in [2.24, 2.45) is 0 Å². The van der Waals surface area contributed by atoms with Gasteiger partial charge in [0.1, 0.15) is 0 Å². The van der Waals surface area contributed by atoms with Crippen molar-refractivity contribution in [1.29, 1.82) is 0 Å². The molecule has 1 atom stereocenters. The van der Waals surface area contributed by atoms with Crippen LogP contribution in [0.25, 0.3) is 0 Å². The summed E-state index contributed by atoms with van der Waals surface area (Å²) in [6.45, 7) is 2.01. The van der Waals surface area contributed by atoms with Gasteiger partial charge in [-0.15, -0.1) is 0 Å². The van der Waals surface area contributed by atoms with Crippen molar-refractivity contribution >= 4 is 11.9 Å². The molecule has 14 heavy (non-hydrogen) atoms. The Bertz CT molecular complexity index is 193. The molecule has 0 rings (SSSR count). The molecule has 5 heteroatoms. The molecule has 0 spiro atoms. The Morgan fingerprint density at radius 1 is 1.50 bits per heavy atom. The first kappa shape index (κ1) is 12.9. The third-order valence-corrected chi connectivity index (χ3v) is 1.80. The van der Waals surface area contributed by atoms with Gasteiger partial charge in [0, 0.05) is 13.5 Å². The topological polar surface area (TPSA) is 75.6 Å². The van der Waals surface area contributed by atoms with Crippen LogP contribution >= 0.6 is 0 Å². The number of amides is 1. The van der Waals surface area contributed by atoms with Gasteiger partial charge < -0.3 is 15.2 Å². The van der Waals surface area contributed by atoms with Gasteiger partial charge in [-0.25, -0.2) is 4.79 Å². The molecule has 0 saturated heterocycles. The van der Waals surface area contributed by atoms with Crippen LogP contribution in [0.1, 0.15) is 26.2 Å². The van der Waals surface area contributed by atoms with E-state index in [0.29, 0.717) is 6.42 Å². The molecule has 0 radical (unpaired) electrons. The summed E-state index contributed by atoms with van der Waals surface area (Å²) in [6.07, 6.45) is 1.24. The van der Waals surface area contributed by atoms with Gasteiger partial charge in [0.25, 0.3) is 0 Å². The Balaban J connectivity index is 3.68. The molecule has 0 aromatic rings. The van der Waals surface area contributed by atoms with Crippen LogP contribution in [0.5, 0.6) is 0 Å². The first-order chi connectivity index (χ1) is 6.61. The number of aliphatic carboxylic acids is 1. The second-order valence-electron chi connectivity index (χ2n) is 2.97. The Morgan fingerprint density at radius 2 is 2.14 bits per heavy atom. The fourth-order valence-corrected chi connectivity index (χ4v) is 0.904. The maximum Gasteiger partial charge on any atom is 0.334 e. The van der Waals surface area contributed by atoms with Crippen LogP contribution in [0, 0.1) is 0 Å². The lowest BCUT2D eigenvalue weighted by atomic mass is 10.2. The maximum absolute atomic E-state index is 11.1. The van der Waals surface area contributed by atoms with Gasteiger partial charge in [-0.1, -0.05) is 13.3 Å². The SMILES string of the molecule is CCCCC(=O)NCC(OC)C(=O)O. The third-order valence-electron chi connectivity index (χ3n) is 1.80. The molecule has 0 aromatic carbocycles. The van der Waals surface area contributed by atoms with Crippen LogP contribution in [0.3, 0.4) is 0 Å². The number of carbonyl (C=O) groups excluding carboxylic acids is 1. The molecule has 0 aliphatic carbocycles. The molecule has 0 aromatic heterocycles. The van der Waals surface area contributed by atoms with Gasteiger partial charge >= 0.3 is 5.97 Å². The second-order valence-corrected chi connectivity index (χ2v) is 2.97. The van der Waals surface area contributed by atoms with Crippen LogP contribution < -0.4 is 5.32 Å². The Morgan fingerprint density at radius 3 is 2.57 bits per heavy atom. The number of unbranched alkanes of at least 4 members (excludes halogenated alkanes) is 1. The quantitative estimate of drug-likeness (QED) is 0.627. The minimum absolute atomic E-state index is 0.0222. The summed E-state index contributed by atoms with van der Waals surface area (Å²) < 4.78 is 4.65. The maximum atomic E-state index is 11.1. The number of ether oxygens (including phenoxy) is 1. The minimum atomic E-state index is -1.07. The molecule has 1 amide bonds. The van der Waals surface area contributed by atoms with Crippen molar-refractivity contribution in [1.82, 2.24) is 5.32 Å². The number of carbonyl (C=O) groups is 2. The zero-order valence-corrected chi connectivity index (χ0v) is 8.58. The summed E-state index contributed by atoms with van der Waals surface area (Å²) >= 11 is 0. The lowest BCUT2D eigenvalue weighted by Gasteiger charge is -2.11. The van der Waals surface area contributed by atoms with Crippen molar-refractivity contribution < 1.29 is 19.4 Å². The lowest BCUT2D eigenvalue weighted by Crippen LogP contribution is -2.37. The van der Waals surface area contributed by atoms with Crippen LogP contribution in [-0.4, -0.2) is 36.7 Å². The molecule has 0 aliphatic rings. The predicted molar refractivity (Wildman–Crippen MR) is 51.0 cm³/mol. The van der Waals surface area contributed by atoms with Gasteiger partial charge in [0.15, 0.2) is 6.10 Å². The van der Waals surface area contributed by atoms with Crippen molar-refractivity contribution in [2.45, 2.75) is 32.3 Å². The molecular weight excluding hydrogens is 186 g/mol. The molecule has 0 bridgehead atoms. The van der Waals surface area contributed by atoms with Gasteiger partial charge in [0.2, 0.25) is 5.91 Å². The van der Waals surface area contributed by atoms with Crippen molar-refractivity contribution in [3.8, 4) is 0 Å². The van der Waals surface area contributed by atoms with Crippen molar-refractivity contribution in [3.05, 3.63) is 0 Å². The van der Waals surface area contributed by atoms with Gasteiger partial charge in [-0.05, 0) is 6.42 Å². The van der Waals surface area contributed by atoms with Crippen LogP contribution in [0.15, 0.2) is 0 Å². The molecular formula is C9H17NO4. The molecule has 82 valence electrons. The average molecular weight is 203 g/mol. The molecule has 1 unspecified atom stereocenters. The highest BCUT2D eigenvalue weighted by atomic mass is 16.5. The van der Waals surface area contributed by atoms with E-state index in [9.17, 15) is 9.59 Å². The largest absolute Gasteiger partial charge is 0.479 e. The van der Waals surface area contributed by atoms with Crippen molar-refractivity contribution in [3.63, 3.8) is 0 Å². The van der Waals surface area contributed by atoms with E-state index in [1.807, 2.05) is 6.92 Å². The molecule has 2 N–H and O–H groups in total. The molecule has 0 heterocycles. The monoisotopic (exact) mass is 203 g/mol. The molecule has 0 fully saturated rings. The smallest absolute Gasteiger partial charge is 0.334 e. The lowest BCUT2D eigenvalue weighted by molar-refractivity contribution is -0.148. The number of carboxylic acids is 1.